The van der Waals surface area contributed by atoms with Gasteiger partial charge in [-0.2, -0.15) is 0 Å². The molecule has 2 aliphatic heterocycles. The van der Waals surface area contributed by atoms with Crippen LogP contribution >= 0.6 is 0 Å². The largest absolute Gasteiger partial charge is 0.451 e. The Morgan fingerprint density at radius 3 is 2.80 bits per heavy atom. The molecule has 0 spiro atoms. The van der Waals surface area contributed by atoms with Crippen molar-refractivity contribution in [3.63, 3.8) is 0 Å². The minimum atomic E-state index is -0.327. The predicted octanol–water partition coefficient (Wildman–Crippen LogP) is 2.75. The summed E-state index contributed by atoms with van der Waals surface area (Å²) in [6.07, 6.45) is 1.04. The van der Waals surface area contributed by atoms with Crippen LogP contribution in [0.1, 0.15) is 23.9 Å². The fourth-order valence-electron chi connectivity index (χ4n) is 4.02. The lowest BCUT2D eigenvalue weighted by Crippen LogP contribution is -2.47. The van der Waals surface area contributed by atoms with Gasteiger partial charge < -0.3 is 14.1 Å². The Kier molecular flexibility index (Phi) is 4.48. The maximum atomic E-state index is 13.3. The second-order valence-electron chi connectivity index (χ2n) is 6.89. The molecule has 1 aromatic heterocycles. The minimum Gasteiger partial charge on any atom is -0.451 e. The first-order valence-electron chi connectivity index (χ1n) is 8.96. The number of fused-ring (bicyclic) bond motifs is 1. The Balaban J connectivity index is 1.53. The van der Waals surface area contributed by atoms with E-state index in [1.807, 2.05) is 4.90 Å². The lowest BCUT2D eigenvalue weighted by atomic mass is 9.99. The molecule has 0 bridgehead atoms. The smallest absolute Gasteiger partial charge is 0.289 e. The third kappa shape index (κ3) is 3.16. The molecule has 2 atom stereocenters. The highest BCUT2D eigenvalue weighted by atomic mass is 19.1. The van der Waals surface area contributed by atoms with Gasteiger partial charge in [0, 0.05) is 37.6 Å². The van der Waals surface area contributed by atoms with Crippen molar-refractivity contribution in [3.8, 4) is 0 Å². The zero-order valence-electron chi connectivity index (χ0n) is 14.4. The lowest BCUT2D eigenvalue weighted by molar-refractivity contribution is 0.0102. The highest BCUT2D eigenvalue weighted by molar-refractivity contribution is 5.96. The van der Waals surface area contributed by atoms with E-state index in [9.17, 15) is 9.18 Å². The maximum Gasteiger partial charge on any atom is 0.289 e. The number of nitrogens with zero attached hydrogens (tertiary/aromatic N) is 2. The second kappa shape index (κ2) is 6.77. The van der Waals surface area contributed by atoms with Gasteiger partial charge in [-0.1, -0.05) is 13.3 Å². The summed E-state index contributed by atoms with van der Waals surface area (Å²) in [4.78, 5) is 17.2. The molecule has 134 valence electrons. The number of amides is 1. The van der Waals surface area contributed by atoms with Crippen LogP contribution in [0, 0.1) is 11.7 Å². The highest BCUT2D eigenvalue weighted by Crippen LogP contribution is 2.28. The minimum absolute atomic E-state index is 0.106. The average molecular weight is 346 g/mol. The van der Waals surface area contributed by atoms with E-state index in [-0.39, 0.29) is 17.5 Å². The highest BCUT2D eigenvalue weighted by Gasteiger charge is 2.39. The third-order valence-electron chi connectivity index (χ3n) is 5.42. The third-order valence-corrected chi connectivity index (χ3v) is 5.42. The number of hydrogen-bond acceptors (Lipinski definition) is 4. The van der Waals surface area contributed by atoms with Gasteiger partial charge in [-0.3, -0.25) is 9.69 Å². The molecular formula is C19H23FN2O3. The molecule has 6 heteroatoms. The first-order valence-corrected chi connectivity index (χ1v) is 8.96. The van der Waals surface area contributed by atoms with Gasteiger partial charge in [-0.05, 0) is 30.2 Å². The van der Waals surface area contributed by atoms with E-state index in [1.165, 1.54) is 12.1 Å². The molecule has 0 unspecified atom stereocenters. The van der Waals surface area contributed by atoms with Gasteiger partial charge in [0.25, 0.3) is 5.91 Å². The van der Waals surface area contributed by atoms with Crippen LogP contribution in [0.5, 0.6) is 0 Å². The van der Waals surface area contributed by atoms with Crippen LogP contribution < -0.4 is 0 Å². The van der Waals surface area contributed by atoms with Crippen molar-refractivity contribution in [1.82, 2.24) is 9.80 Å². The number of halogens is 1. The van der Waals surface area contributed by atoms with Crippen LogP contribution in [0.15, 0.2) is 28.7 Å². The van der Waals surface area contributed by atoms with Crippen LogP contribution in [-0.2, 0) is 4.74 Å². The van der Waals surface area contributed by atoms with Crippen molar-refractivity contribution < 1.29 is 18.3 Å². The molecule has 0 saturated carbocycles. The van der Waals surface area contributed by atoms with E-state index < -0.39 is 0 Å². The van der Waals surface area contributed by atoms with Crippen molar-refractivity contribution >= 4 is 16.9 Å². The summed E-state index contributed by atoms with van der Waals surface area (Å²) in [5.74, 6) is 0.319. The van der Waals surface area contributed by atoms with Crippen molar-refractivity contribution in [2.75, 3.05) is 39.4 Å². The number of benzene rings is 1. The van der Waals surface area contributed by atoms with Crippen molar-refractivity contribution in [1.29, 1.82) is 0 Å². The molecule has 1 amide bonds. The van der Waals surface area contributed by atoms with Crippen LogP contribution in [0.4, 0.5) is 4.39 Å². The normalized spacial score (nSPS) is 25.0. The number of hydrogen-bond donors (Lipinski definition) is 0. The zero-order valence-corrected chi connectivity index (χ0v) is 14.4. The number of furan rings is 1. The van der Waals surface area contributed by atoms with Gasteiger partial charge >= 0.3 is 0 Å². The Hall–Kier alpha value is -1.92. The average Bonchev–Trinajstić information content (AvgIpc) is 3.25. The van der Waals surface area contributed by atoms with Crippen LogP contribution in [0.25, 0.3) is 11.0 Å². The summed E-state index contributed by atoms with van der Waals surface area (Å²) in [5, 5.41) is 0.624. The monoisotopic (exact) mass is 346 g/mol. The number of ether oxygens (including phenoxy) is 1. The SMILES string of the molecule is CC[C@H]1CN(C(=O)c2cc3cc(F)ccc3o2)C[C@H]1N1CCOCC1. The van der Waals surface area contributed by atoms with Crippen LogP contribution in [0.3, 0.4) is 0 Å². The van der Waals surface area contributed by atoms with Crippen LogP contribution in [0.2, 0.25) is 0 Å². The molecule has 25 heavy (non-hydrogen) atoms. The first-order chi connectivity index (χ1) is 12.2. The van der Waals surface area contributed by atoms with Gasteiger partial charge in [0.15, 0.2) is 5.76 Å². The zero-order chi connectivity index (χ0) is 17.4. The fraction of sp³-hybridized carbons (Fsp3) is 0.526. The first kappa shape index (κ1) is 16.5. The summed E-state index contributed by atoms with van der Waals surface area (Å²) in [6.45, 7) is 6.99. The number of rotatable bonds is 3. The summed E-state index contributed by atoms with van der Waals surface area (Å²) in [7, 11) is 0. The number of morpholine rings is 1. The van der Waals surface area contributed by atoms with Crippen molar-refractivity contribution in [2.24, 2.45) is 5.92 Å². The Labute approximate surface area is 146 Å². The number of carbonyl (C=O) groups is 1. The predicted molar refractivity (Wildman–Crippen MR) is 92.0 cm³/mol. The van der Waals surface area contributed by atoms with E-state index in [1.54, 1.807) is 12.1 Å². The van der Waals surface area contributed by atoms with Crippen molar-refractivity contribution in [3.05, 3.63) is 35.8 Å². The molecule has 2 saturated heterocycles. The molecule has 2 aliphatic rings. The maximum absolute atomic E-state index is 13.3. The quantitative estimate of drug-likeness (QED) is 0.857. The summed E-state index contributed by atoms with van der Waals surface area (Å²) >= 11 is 0. The summed E-state index contributed by atoms with van der Waals surface area (Å²) in [5.41, 5.74) is 0.542. The molecule has 2 aromatic rings. The standard InChI is InChI=1S/C19H23FN2O3/c1-2-13-11-22(12-16(13)21-5-7-24-8-6-21)19(23)18-10-14-9-15(20)3-4-17(14)25-18/h3-4,9-10,13,16H,2,5-8,11-12H2,1H3/t13-,16+/m0/s1. The van der Waals surface area contributed by atoms with E-state index in [0.717, 1.165) is 39.3 Å². The molecule has 0 radical (unpaired) electrons. The van der Waals surface area contributed by atoms with E-state index in [0.29, 0.717) is 29.5 Å². The number of likely N-dealkylation sites (tertiary alicyclic amines) is 1. The Morgan fingerprint density at radius 2 is 2.04 bits per heavy atom. The molecule has 3 heterocycles. The van der Waals surface area contributed by atoms with E-state index >= 15 is 0 Å². The molecule has 2 fully saturated rings. The van der Waals surface area contributed by atoms with Gasteiger partial charge in [-0.25, -0.2) is 4.39 Å². The fourth-order valence-corrected chi connectivity index (χ4v) is 4.02. The van der Waals surface area contributed by atoms with Gasteiger partial charge in [0.2, 0.25) is 0 Å². The van der Waals surface area contributed by atoms with Gasteiger partial charge in [0.05, 0.1) is 13.2 Å². The van der Waals surface area contributed by atoms with Gasteiger partial charge in [-0.15, -0.1) is 0 Å². The lowest BCUT2D eigenvalue weighted by Gasteiger charge is -2.34. The topological polar surface area (TPSA) is 45.9 Å². The van der Waals surface area contributed by atoms with Crippen molar-refractivity contribution in [2.45, 2.75) is 19.4 Å². The molecular weight excluding hydrogens is 323 g/mol. The molecule has 0 aliphatic carbocycles. The Morgan fingerprint density at radius 1 is 1.24 bits per heavy atom. The Bertz CT molecular complexity index is 769. The van der Waals surface area contributed by atoms with E-state index in [2.05, 4.69) is 11.8 Å². The number of carbonyl (C=O) groups excluding carboxylic acids is 1. The molecule has 0 N–H and O–H groups in total. The molecule has 4 rings (SSSR count). The van der Waals surface area contributed by atoms with Crippen LogP contribution in [-0.4, -0.2) is 61.1 Å². The summed E-state index contributed by atoms with van der Waals surface area (Å²) in [6, 6.07) is 6.32. The molecule has 5 nitrogen and oxygen atoms in total. The second-order valence-corrected chi connectivity index (χ2v) is 6.89. The van der Waals surface area contributed by atoms with Gasteiger partial charge in [0.1, 0.15) is 11.4 Å². The van der Waals surface area contributed by atoms with E-state index in [4.69, 9.17) is 9.15 Å². The summed E-state index contributed by atoms with van der Waals surface area (Å²) < 4.78 is 24.5. The molecule has 1 aromatic carbocycles.